The molecule has 2 heterocycles. The van der Waals surface area contributed by atoms with Crippen LogP contribution in [0.2, 0.25) is 0 Å². The highest BCUT2D eigenvalue weighted by Crippen LogP contribution is 2.26. The summed E-state index contributed by atoms with van der Waals surface area (Å²) in [6.45, 7) is 1.82. The first kappa shape index (κ1) is 12.4. The van der Waals surface area contributed by atoms with Gasteiger partial charge in [-0.2, -0.15) is 5.21 Å². The molecule has 0 radical (unpaired) electrons. The van der Waals surface area contributed by atoms with E-state index in [1.165, 1.54) is 12.3 Å². The monoisotopic (exact) mass is 313 g/mol. The Balaban J connectivity index is 2.17. The Hall–Kier alpha value is -2.10. The summed E-state index contributed by atoms with van der Waals surface area (Å²) in [6, 6.07) is 1.15. The molecule has 2 aromatic rings. The average molecular weight is 314 g/mol. The van der Waals surface area contributed by atoms with Crippen LogP contribution in [0.3, 0.4) is 0 Å². The van der Waals surface area contributed by atoms with Gasteiger partial charge in [-0.25, -0.2) is 4.98 Å². The summed E-state index contributed by atoms with van der Waals surface area (Å²) in [4.78, 5) is 14.0. The Labute approximate surface area is 109 Å². The van der Waals surface area contributed by atoms with E-state index in [9.17, 15) is 10.1 Å². The summed E-state index contributed by atoms with van der Waals surface area (Å²) in [5.41, 5.74) is -0.0837. The largest absolute Gasteiger partial charge is 0.359 e. The van der Waals surface area contributed by atoms with E-state index < -0.39 is 4.92 Å². The maximum absolute atomic E-state index is 10.6. The van der Waals surface area contributed by atoms with Crippen LogP contribution in [-0.4, -0.2) is 30.5 Å². The molecule has 2 aromatic heterocycles. The second-order valence-corrected chi connectivity index (χ2v) is 4.27. The van der Waals surface area contributed by atoms with E-state index in [-0.39, 0.29) is 11.7 Å². The van der Waals surface area contributed by atoms with E-state index >= 15 is 0 Å². The van der Waals surface area contributed by atoms with E-state index in [1.807, 2.05) is 6.92 Å². The van der Waals surface area contributed by atoms with Crippen LogP contribution in [-0.2, 0) is 0 Å². The van der Waals surface area contributed by atoms with Crippen LogP contribution in [0.25, 0.3) is 0 Å². The molecule has 0 saturated heterocycles. The van der Waals surface area contributed by atoms with E-state index in [1.54, 1.807) is 0 Å². The lowest BCUT2D eigenvalue weighted by Gasteiger charge is -2.11. The fourth-order valence-electron chi connectivity index (χ4n) is 1.26. The molecule has 0 amide bonds. The molecule has 1 unspecified atom stereocenters. The van der Waals surface area contributed by atoms with Gasteiger partial charge in [0.05, 0.1) is 15.4 Å². The standard InChI is InChI=1S/C8H8BrN7O2/c1-4(7-12-14-15-13-7)11-8-6(9)2-5(3-10-8)16(17)18/h2-4H,1H3,(H,10,11)(H,12,13,14,15). The van der Waals surface area contributed by atoms with Crippen LogP contribution < -0.4 is 5.32 Å². The number of hydrogen-bond donors (Lipinski definition) is 2. The molecule has 1 atom stereocenters. The minimum Gasteiger partial charge on any atom is -0.359 e. The molecule has 0 bridgehead atoms. The van der Waals surface area contributed by atoms with E-state index in [0.717, 1.165) is 0 Å². The van der Waals surface area contributed by atoms with E-state index in [4.69, 9.17) is 0 Å². The van der Waals surface area contributed by atoms with Gasteiger partial charge in [-0.05, 0) is 22.9 Å². The number of nitrogens with one attached hydrogen (secondary N) is 2. The zero-order valence-electron chi connectivity index (χ0n) is 9.16. The SMILES string of the molecule is CC(Nc1ncc([N+](=O)[O-])cc1Br)c1nn[nH]n1. The summed E-state index contributed by atoms with van der Waals surface area (Å²) < 4.78 is 0.493. The smallest absolute Gasteiger partial charge is 0.288 e. The minimum atomic E-state index is -0.510. The number of aromatic amines is 1. The Morgan fingerprint density at radius 1 is 1.61 bits per heavy atom. The lowest BCUT2D eigenvalue weighted by molar-refractivity contribution is -0.385. The quantitative estimate of drug-likeness (QED) is 0.646. The summed E-state index contributed by atoms with van der Waals surface area (Å²) >= 11 is 3.21. The highest BCUT2D eigenvalue weighted by Gasteiger charge is 2.15. The fourth-order valence-corrected chi connectivity index (χ4v) is 1.71. The minimum absolute atomic E-state index is 0.0837. The molecule has 0 fully saturated rings. The van der Waals surface area contributed by atoms with Crippen molar-refractivity contribution in [3.63, 3.8) is 0 Å². The number of anilines is 1. The van der Waals surface area contributed by atoms with Gasteiger partial charge in [-0.1, -0.05) is 5.21 Å². The zero-order valence-corrected chi connectivity index (χ0v) is 10.7. The van der Waals surface area contributed by atoms with Gasteiger partial charge in [0, 0.05) is 6.07 Å². The maximum Gasteiger partial charge on any atom is 0.288 e. The molecule has 0 aliphatic carbocycles. The number of nitrogens with zero attached hydrogens (tertiary/aromatic N) is 5. The van der Waals surface area contributed by atoms with Crippen molar-refractivity contribution in [2.45, 2.75) is 13.0 Å². The highest BCUT2D eigenvalue weighted by molar-refractivity contribution is 9.10. The van der Waals surface area contributed by atoms with Gasteiger partial charge in [0.15, 0.2) is 5.82 Å². The third-order valence-corrected chi connectivity index (χ3v) is 2.74. The van der Waals surface area contributed by atoms with Gasteiger partial charge in [0.1, 0.15) is 12.0 Å². The number of rotatable bonds is 4. The molecular formula is C8H8BrN7O2. The molecule has 0 aromatic carbocycles. The molecule has 18 heavy (non-hydrogen) atoms. The fraction of sp³-hybridized carbons (Fsp3) is 0.250. The number of H-pyrrole nitrogens is 1. The normalized spacial score (nSPS) is 12.1. The topological polar surface area (TPSA) is 123 Å². The van der Waals surface area contributed by atoms with Gasteiger partial charge in [-0.15, -0.1) is 10.2 Å². The van der Waals surface area contributed by atoms with Crippen molar-refractivity contribution >= 4 is 27.4 Å². The van der Waals surface area contributed by atoms with Crippen molar-refractivity contribution in [1.29, 1.82) is 0 Å². The lowest BCUT2D eigenvalue weighted by Crippen LogP contribution is -2.10. The third kappa shape index (κ3) is 2.59. The lowest BCUT2D eigenvalue weighted by atomic mass is 10.3. The van der Waals surface area contributed by atoms with Crippen molar-refractivity contribution in [2.24, 2.45) is 0 Å². The van der Waals surface area contributed by atoms with Crippen LogP contribution in [0.4, 0.5) is 11.5 Å². The third-order valence-electron chi connectivity index (χ3n) is 2.14. The molecule has 10 heteroatoms. The maximum atomic E-state index is 10.6. The molecule has 2 N–H and O–H groups in total. The molecule has 0 aliphatic heterocycles. The number of aromatic nitrogens is 5. The van der Waals surface area contributed by atoms with E-state index in [2.05, 4.69) is 46.9 Å². The summed E-state index contributed by atoms with van der Waals surface area (Å²) in [5.74, 6) is 0.944. The van der Waals surface area contributed by atoms with Gasteiger partial charge in [-0.3, -0.25) is 10.1 Å². The summed E-state index contributed by atoms with van der Waals surface area (Å²) in [6.07, 6.45) is 1.18. The van der Waals surface area contributed by atoms with Gasteiger partial charge in [0.25, 0.3) is 5.69 Å². The van der Waals surface area contributed by atoms with Gasteiger partial charge >= 0.3 is 0 Å². The number of hydrogen-bond acceptors (Lipinski definition) is 7. The van der Waals surface area contributed by atoms with Crippen molar-refractivity contribution < 1.29 is 4.92 Å². The van der Waals surface area contributed by atoms with Crippen LogP contribution in [0, 0.1) is 10.1 Å². The van der Waals surface area contributed by atoms with Crippen LogP contribution in [0.5, 0.6) is 0 Å². The summed E-state index contributed by atoms with van der Waals surface area (Å²) in [5, 5.41) is 27.0. The van der Waals surface area contributed by atoms with Gasteiger partial charge < -0.3 is 5.32 Å². The van der Waals surface area contributed by atoms with Crippen LogP contribution in [0.15, 0.2) is 16.7 Å². The first-order valence-electron chi connectivity index (χ1n) is 4.87. The van der Waals surface area contributed by atoms with Crippen molar-refractivity contribution in [2.75, 3.05) is 5.32 Å². The Bertz CT molecular complexity index is 559. The molecular weight excluding hydrogens is 306 g/mol. The number of nitro groups is 1. The van der Waals surface area contributed by atoms with Crippen molar-refractivity contribution in [3.05, 3.63) is 32.7 Å². The highest BCUT2D eigenvalue weighted by atomic mass is 79.9. The zero-order chi connectivity index (χ0) is 13.1. The molecule has 0 aliphatic rings. The van der Waals surface area contributed by atoms with Crippen LogP contribution >= 0.6 is 15.9 Å². The van der Waals surface area contributed by atoms with E-state index in [0.29, 0.717) is 16.1 Å². The summed E-state index contributed by atoms with van der Waals surface area (Å²) in [7, 11) is 0. The number of halogens is 1. The Morgan fingerprint density at radius 2 is 2.39 bits per heavy atom. The Kier molecular flexibility index (Phi) is 3.46. The first-order valence-corrected chi connectivity index (χ1v) is 5.67. The second-order valence-electron chi connectivity index (χ2n) is 3.42. The molecule has 2 rings (SSSR count). The van der Waals surface area contributed by atoms with Crippen molar-refractivity contribution in [1.82, 2.24) is 25.6 Å². The van der Waals surface area contributed by atoms with Crippen molar-refractivity contribution in [3.8, 4) is 0 Å². The van der Waals surface area contributed by atoms with Gasteiger partial charge in [0.2, 0.25) is 0 Å². The van der Waals surface area contributed by atoms with Crippen LogP contribution in [0.1, 0.15) is 18.8 Å². The number of pyridine rings is 1. The molecule has 0 saturated carbocycles. The average Bonchev–Trinajstić information content (AvgIpc) is 2.85. The first-order chi connectivity index (χ1) is 8.58. The predicted molar refractivity (Wildman–Crippen MR) is 64.8 cm³/mol. The predicted octanol–water partition coefficient (Wildman–Crippen LogP) is 1.44. The molecule has 94 valence electrons. The second kappa shape index (κ2) is 5.04. The Morgan fingerprint density at radius 3 is 2.94 bits per heavy atom. The molecule has 0 spiro atoms. The number of tetrazole rings is 1. The molecule has 9 nitrogen and oxygen atoms in total.